The maximum absolute atomic E-state index is 13.2. The smallest absolute Gasteiger partial charge is 0.335 e. The number of unbranched alkanes of at least 4 members (excludes halogenated alkanes) is 12. The average Bonchev–Trinajstić information content (AvgIpc) is 3.53. The summed E-state index contributed by atoms with van der Waals surface area (Å²) in [6.45, 7) is 5.58. The maximum atomic E-state index is 13.2. The molecule has 0 radical (unpaired) electrons. The number of ether oxygens (including phenoxy) is 5. The highest BCUT2D eigenvalue weighted by atomic mass is 16.7. The Morgan fingerprint density at radius 3 is 1.16 bits per heavy atom. The van der Waals surface area contributed by atoms with Crippen molar-refractivity contribution in [2.24, 2.45) is 0 Å². The van der Waals surface area contributed by atoms with E-state index in [4.69, 9.17) is 23.7 Å². The van der Waals surface area contributed by atoms with Crippen molar-refractivity contribution in [2.45, 2.75) is 250 Å². The minimum atomic E-state index is -1.93. The fraction of sp³-hybridized carbons (Fsp3) is 0.594. The lowest BCUT2D eigenvalue weighted by Crippen LogP contribution is -2.61. The van der Waals surface area contributed by atoms with E-state index in [-0.39, 0.29) is 25.9 Å². The SMILES string of the molecule is CC/C=C\C/C=C\C/C=C\C/C=C\C/C=C\CCCC(=O)OCC(COC1OC(C(=O)O)C(O)C(O)C1OC(=O)CCCCCC/C=C\C/C=C\C/C=C\C/C=C\CC)OC(=O)CCCCCCCCC/C=C\C/C=C\C/C=C\CC. The zero-order valence-corrected chi connectivity index (χ0v) is 50.0. The van der Waals surface area contributed by atoms with Crippen molar-refractivity contribution < 1.29 is 58.2 Å². The van der Waals surface area contributed by atoms with Crippen LogP contribution in [-0.2, 0) is 42.9 Å². The molecule has 12 heteroatoms. The van der Waals surface area contributed by atoms with Crippen LogP contribution < -0.4 is 0 Å². The number of hydrogen-bond donors (Lipinski definition) is 3. The van der Waals surface area contributed by atoms with E-state index in [0.717, 1.165) is 148 Å². The lowest BCUT2D eigenvalue weighted by Gasteiger charge is -2.40. The molecule has 12 nitrogen and oxygen atoms in total. The van der Waals surface area contributed by atoms with Gasteiger partial charge in [0.05, 0.1) is 6.61 Å². The largest absolute Gasteiger partial charge is 0.479 e. The van der Waals surface area contributed by atoms with Gasteiger partial charge in [0.2, 0.25) is 0 Å². The Bertz CT molecular complexity index is 1960. The van der Waals surface area contributed by atoms with Gasteiger partial charge < -0.3 is 39.0 Å². The van der Waals surface area contributed by atoms with Crippen molar-refractivity contribution >= 4 is 23.9 Å². The number of aliphatic carboxylic acids is 1. The van der Waals surface area contributed by atoms with E-state index in [1.165, 1.54) is 0 Å². The summed E-state index contributed by atoms with van der Waals surface area (Å²) in [4.78, 5) is 51.3. The van der Waals surface area contributed by atoms with Gasteiger partial charge in [-0.3, -0.25) is 14.4 Å². The number of allylic oxidation sites excluding steroid dienone is 24. The third-order valence-electron chi connectivity index (χ3n) is 12.9. The minimum Gasteiger partial charge on any atom is -0.479 e. The molecule has 0 aromatic heterocycles. The molecule has 0 aromatic rings. The monoisotopic (exact) mass is 1130 g/mol. The maximum Gasteiger partial charge on any atom is 0.335 e. The van der Waals surface area contributed by atoms with Gasteiger partial charge in [-0.15, -0.1) is 0 Å². The first-order chi connectivity index (χ1) is 39.6. The highest BCUT2D eigenvalue weighted by molar-refractivity contribution is 5.74. The summed E-state index contributed by atoms with van der Waals surface area (Å²) < 4.78 is 28.4. The summed E-state index contributed by atoms with van der Waals surface area (Å²) in [5.74, 6) is -3.27. The van der Waals surface area contributed by atoms with Crippen LogP contribution in [0.3, 0.4) is 0 Å². The van der Waals surface area contributed by atoms with Gasteiger partial charge in [0.1, 0.15) is 18.8 Å². The van der Waals surface area contributed by atoms with E-state index >= 15 is 0 Å². The molecule has 0 spiro atoms. The molecule has 1 saturated heterocycles. The predicted octanol–water partition coefficient (Wildman–Crippen LogP) is 16.3. The summed E-state index contributed by atoms with van der Waals surface area (Å²) in [5.41, 5.74) is 0. The fourth-order valence-electron chi connectivity index (χ4n) is 8.29. The van der Waals surface area contributed by atoms with E-state index in [9.17, 15) is 34.5 Å². The highest BCUT2D eigenvalue weighted by Crippen LogP contribution is 2.26. The van der Waals surface area contributed by atoms with Gasteiger partial charge >= 0.3 is 23.9 Å². The minimum absolute atomic E-state index is 0.0172. The zero-order valence-electron chi connectivity index (χ0n) is 50.0. The number of hydrogen-bond acceptors (Lipinski definition) is 11. The van der Waals surface area contributed by atoms with Gasteiger partial charge in [0, 0.05) is 19.3 Å². The van der Waals surface area contributed by atoms with E-state index in [2.05, 4.69) is 161 Å². The Morgan fingerprint density at radius 1 is 0.407 bits per heavy atom. The zero-order chi connectivity index (χ0) is 58.9. The molecular formula is C69H106O12. The van der Waals surface area contributed by atoms with Crippen LogP contribution in [0, 0.1) is 0 Å². The summed E-state index contributed by atoms with van der Waals surface area (Å²) in [6.07, 6.45) is 66.7. The first-order valence-corrected chi connectivity index (χ1v) is 30.8. The molecule has 1 fully saturated rings. The molecule has 3 N–H and O–H groups in total. The van der Waals surface area contributed by atoms with E-state index in [1.807, 2.05) is 6.08 Å². The van der Waals surface area contributed by atoms with Gasteiger partial charge in [-0.05, 0) is 128 Å². The lowest BCUT2D eigenvalue weighted by atomic mass is 9.98. The fourth-order valence-corrected chi connectivity index (χ4v) is 8.29. The quantitative estimate of drug-likeness (QED) is 0.0228. The summed E-state index contributed by atoms with van der Waals surface area (Å²) in [5, 5.41) is 31.5. The Hall–Kier alpha value is -5.40. The van der Waals surface area contributed by atoms with Gasteiger partial charge in [-0.1, -0.05) is 212 Å². The molecule has 0 amide bonds. The highest BCUT2D eigenvalue weighted by Gasteiger charge is 2.50. The number of carboxylic acid groups (broad SMARTS) is 1. The molecule has 1 heterocycles. The predicted molar refractivity (Wildman–Crippen MR) is 330 cm³/mol. The van der Waals surface area contributed by atoms with Gasteiger partial charge in [-0.25, -0.2) is 4.79 Å². The topological polar surface area (TPSA) is 175 Å². The molecule has 6 unspecified atom stereocenters. The number of carboxylic acids is 1. The van der Waals surface area contributed by atoms with Crippen LogP contribution in [0.25, 0.3) is 0 Å². The van der Waals surface area contributed by atoms with Crippen LogP contribution in [0.2, 0.25) is 0 Å². The van der Waals surface area contributed by atoms with Gasteiger partial charge in [-0.2, -0.15) is 0 Å². The molecule has 1 rings (SSSR count). The van der Waals surface area contributed by atoms with Crippen molar-refractivity contribution in [2.75, 3.05) is 13.2 Å². The number of carbonyl (C=O) groups is 4. The molecule has 81 heavy (non-hydrogen) atoms. The molecule has 0 aromatic carbocycles. The van der Waals surface area contributed by atoms with Crippen LogP contribution in [-0.4, -0.2) is 89.2 Å². The second-order valence-electron chi connectivity index (χ2n) is 20.2. The van der Waals surface area contributed by atoms with Crippen molar-refractivity contribution in [1.29, 1.82) is 0 Å². The molecule has 0 bridgehead atoms. The number of rotatable bonds is 50. The summed E-state index contributed by atoms with van der Waals surface area (Å²) in [7, 11) is 0. The van der Waals surface area contributed by atoms with Crippen LogP contribution in [0.15, 0.2) is 146 Å². The second-order valence-corrected chi connectivity index (χ2v) is 20.2. The number of aliphatic hydroxyl groups excluding tert-OH is 2. The van der Waals surface area contributed by atoms with Gasteiger partial charge in [0.25, 0.3) is 0 Å². The third kappa shape index (κ3) is 44.9. The number of aliphatic hydroxyl groups is 2. The van der Waals surface area contributed by atoms with Crippen molar-refractivity contribution in [3.05, 3.63) is 146 Å². The Labute approximate surface area is 489 Å². The van der Waals surface area contributed by atoms with Crippen molar-refractivity contribution in [3.8, 4) is 0 Å². The molecule has 0 aliphatic carbocycles. The van der Waals surface area contributed by atoms with Crippen LogP contribution >= 0.6 is 0 Å². The Balaban J connectivity index is 2.75. The first kappa shape index (κ1) is 73.6. The summed E-state index contributed by atoms with van der Waals surface area (Å²) in [6, 6.07) is 0. The van der Waals surface area contributed by atoms with Crippen molar-refractivity contribution in [1.82, 2.24) is 0 Å². The third-order valence-corrected chi connectivity index (χ3v) is 12.9. The normalized spacial score (nSPS) is 18.8. The first-order valence-electron chi connectivity index (χ1n) is 30.8. The van der Waals surface area contributed by atoms with Crippen LogP contribution in [0.1, 0.15) is 213 Å². The Morgan fingerprint density at radius 2 is 0.753 bits per heavy atom. The van der Waals surface area contributed by atoms with E-state index in [0.29, 0.717) is 25.7 Å². The molecule has 1 aliphatic rings. The second kappa shape index (κ2) is 55.2. The molecule has 454 valence electrons. The number of carbonyl (C=O) groups excluding carboxylic acids is 3. The molecule has 0 saturated carbocycles. The van der Waals surface area contributed by atoms with E-state index < -0.39 is 67.3 Å². The Kier molecular flexibility index (Phi) is 50.1. The van der Waals surface area contributed by atoms with Gasteiger partial charge in [0.15, 0.2) is 24.6 Å². The molecule has 1 aliphatic heterocycles. The average molecular weight is 1130 g/mol. The molecular weight excluding hydrogens is 1020 g/mol. The number of esters is 3. The van der Waals surface area contributed by atoms with Crippen LogP contribution in [0.4, 0.5) is 0 Å². The standard InChI is InChI=1S/C69H106O12/c1-4-7-10-13-16-19-22-25-28-31-34-37-40-43-46-49-52-55-61(70)77-58-60(79-62(71)56-53-50-47-44-41-38-35-32-29-26-23-20-17-14-11-8-5-2)59-78-69-67(65(74)64(73)66(81-69)68(75)76)80-63(72)57-54-51-48-45-42-39-36-33-30-27-24-21-18-15-12-9-6-3/h7-12,16-21,25-30,34,36-37,39,43,46,60,64-67,69,73-74H,4-6,13-15,22-24,31-33,35,38,40-42,44-45,47-59H2,1-3H3,(H,75,76)/b10-7-,11-8-,12-9-,19-16-,20-17-,21-18-,28-25-,29-26-,30-27-,37-34-,39-36-,46-43-. The van der Waals surface area contributed by atoms with Crippen LogP contribution in [0.5, 0.6) is 0 Å². The lowest BCUT2D eigenvalue weighted by molar-refractivity contribution is -0.301. The van der Waals surface area contributed by atoms with Crippen molar-refractivity contribution in [3.63, 3.8) is 0 Å². The summed E-state index contributed by atoms with van der Waals surface area (Å²) >= 11 is 0. The molecule has 6 atom stereocenters. The van der Waals surface area contributed by atoms with E-state index in [1.54, 1.807) is 0 Å².